The molecule has 0 saturated carbocycles. The Balaban J connectivity index is 2.41. The Labute approximate surface area is 89.3 Å². The van der Waals surface area contributed by atoms with Crippen molar-refractivity contribution in [3.63, 3.8) is 0 Å². The van der Waals surface area contributed by atoms with Crippen LogP contribution >= 0.6 is 0 Å². The first kappa shape index (κ1) is 10.1. The van der Waals surface area contributed by atoms with E-state index in [-0.39, 0.29) is 5.78 Å². The minimum Gasteiger partial charge on any atom is -0.356 e. The molecule has 0 radical (unpaired) electrons. The van der Waals surface area contributed by atoms with Crippen molar-refractivity contribution in [1.82, 2.24) is 9.97 Å². The Morgan fingerprint density at radius 2 is 2.07 bits per heavy atom. The van der Waals surface area contributed by atoms with Crippen molar-refractivity contribution in [1.29, 1.82) is 0 Å². The number of aromatic nitrogens is 2. The van der Waals surface area contributed by atoms with Gasteiger partial charge in [-0.15, -0.1) is 0 Å². The molecule has 0 unspecified atom stereocenters. The molecule has 0 N–H and O–H groups in total. The van der Waals surface area contributed by atoms with Gasteiger partial charge in [0, 0.05) is 19.3 Å². The average Bonchev–Trinajstić information content (AvgIpc) is 2.69. The van der Waals surface area contributed by atoms with Gasteiger partial charge in [0.05, 0.1) is 5.56 Å². The topological polar surface area (TPSA) is 46.1 Å². The van der Waals surface area contributed by atoms with Crippen LogP contribution in [-0.4, -0.2) is 28.8 Å². The molecule has 1 aromatic heterocycles. The molecule has 4 nitrogen and oxygen atoms in total. The summed E-state index contributed by atoms with van der Waals surface area (Å²) in [7, 11) is 0. The van der Waals surface area contributed by atoms with Gasteiger partial charge < -0.3 is 4.90 Å². The van der Waals surface area contributed by atoms with Crippen LogP contribution in [0.3, 0.4) is 0 Å². The second-order valence-corrected chi connectivity index (χ2v) is 3.90. The number of anilines is 1. The quantitative estimate of drug-likeness (QED) is 0.688. The first-order chi connectivity index (χ1) is 7.18. The minimum atomic E-state index is 0.0388. The van der Waals surface area contributed by atoms with Crippen molar-refractivity contribution in [2.45, 2.75) is 26.7 Å². The maximum absolute atomic E-state index is 11.4. The highest BCUT2D eigenvalue weighted by Crippen LogP contribution is 2.22. The molecular formula is C11H15N3O. The Morgan fingerprint density at radius 3 is 2.67 bits per heavy atom. The van der Waals surface area contributed by atoms with Gasteiger partial charge in [-0.05, 0) is 26.7 Å². The van der Waals surface area contributed by atoms with E-state index >= 15 is 0 Å². The van der Waals surface area contributed by atoms with Crippen LogP contribution in [0.4, 0.5) is 5.82 Å². The monoisotopic (exact) mass is 205 g/mol. The van der Waals surface area contributed by atoms with Crippen LogP contribution in [0.25, 0.3) is 0 Å². The van der Waals surface area contributed by atoms with Gasteiger partial charge in [-0.1, -0.05) is 0 Å². The lowest BCUT2D eigenvalue weighted by Gasteiger charge is -2.18. The summed E-state index contributed by atoms with van der Waals surface area (Å²) in [6, 6.07) is 0. The maximum atomic E-state index is 11.4. The van der Waals surface area contributed by atoms with Crippen LogP contribution in [0.2, 0.25) is 0 Å². The van der Waals surface area contributed by atoms with Gasteiger partial charge in [-0.2, -0.15) is 0 Å². The fraction of sp³-hybridized carbons (Fsp3) is 0.545. The SMILES string of the molecule is CC(=O)c1cnc(C)nc1N1CCCC1. The zero-order valence-electron chi connectivity index (χ0n) is 9.16. The van der Waals surface area contributed by atoms with Gasteiger partial charge in [-0.3, -0.25) is 4.79 Å². The molecule has 0 aromatic carbocycles. The van der Waals surface area contributed by atoms with Crippen molar-refractivity contribution in [3.05, 3.63) is 17.6 Å². The highest BCUT2D eigenvalue weighted by molar-refractivity contribution is 5.98. The minimum absolute atomic E-state index is 0.0388. The van der Waals surface area contributed by atoms with E-state index in [2.05, 4.69) is 14.9 Å². The number of ketones is 1. The summed E-state index contributed by atoms with van der Waals surface area (Å²) < 4.78 is 0. The highest BCUT2D eigenvalue weighted by atomic mass is 16.1. The molecule has 0 bridgehead atoms. The molecule has 1 aliphatic rings. The Bertz CT molecular complexity index is 383. The molecule has 0 amide bonds. The fourth-order valence-corrected chi connectivity index (χ4v) is 1.88. The fourth-order valence-electron chi connectivity index (χ4n) is 1.88. The van der Waals surface area contributed by atoms with E-state index in [1.165, 1.54) is 12.8 Å². The summed E-state index contributed by atoms with van der Waals surface area (Å²) >= 11 is 0. The second kappa shape index (κ2) is 3.96. The lowest BCUT2D eigenvalue weighted by molar-refractivity contribution is 0.101. The number of carbonyl (C=O) groups excluding carboxylic acids is 1. The molecule has 0 aliphatic carbocycles. The van der Waals surface area contributed by atoms with Gasteiger partial charge in [0.25, 0.3) is 0 Å². The van der Waals surface area contributed by atoms with Gasteiger partial charge in [-0.25, -0.2) is 9.97 Å². The third-order valence-electron chi connectivity index (χ3n) is 2.67. The van der Waals surface area contributed by atoms with Gasteiger partial charge >= 0.3 is 0 Å². The van der Waals surface area contributed by atoms with E-state index in [9.17, 15) is 4.79 Å². The van der Waals surface area contributed by atoms with Crippen LogP contribution in [0.15, 0.2) is 6.20 Å². The molecule has 2 rings (SSSR count). The van der Waals surface area contributed by atoms with Crippen LogP contribution in [0, 0.1) is 6.92 Å². The van der Waals surface area contributed by atoms with Crippen LogP contribution in [0.5, 0.6) is 0 Å². The van der Waals surface area contributed by atoms with E-state index in [0.717, 1.165) is 24.7 Å². The first-order valence-electron chi connectivity index (χ1n) is 5.28. The third kappa shape index (κ3) is 1.98. The van der Waals surface area contributed by atoms with Crippen molar-refractivity contribution < 1.29 is 4.79 Å². The van der Waals surface area contributed by atoms with Crippen molar-refractivity contribution in [3.8, 4) is 0 Å². The Morgan fingerprint density at radius 1 is 1.40 bits per heavy atom. The standard InChI is InChI=1S/C11H15N3O/c1-8(15)10-7-12-9(2)13-11(10)14-5-3-4-6-14/h7H,3-6H2,1-2H3. The molecular weight excluding hydrogens is 190 g/mol. The van der Waals surface area contributed by atoms with E-state index in [1.807, 2.05) is 6.92 Å². The molecule has 15 heavy (non-hydrogen) atoms. The number of hydrogen-bond donors (Lipinski definition) is 0. The average molecular weight is 205 g/mol. The van der Waals surface area contributed by atoms with Gasteiger partial charge in [0.1, 0.15) is 11.6 Å². The van der Waals surface area contributed by atoms with E-state index < -0.39 is 0 Å². The van der Waals surface area contributed by atoms with Crippen LogP contribution in [0.1, 0.15) is 35.9 Å². The van der Waals surface area contributed by atoms with E-state index in [4.69, 9.17) is 0 Å². The van der Waals surface area contributed by atoms with Crippen molar-refractivity contribution in [2.75, 3.05) is 18.0 Å². The molecule has 80 valence electrons. The normalized spacial score (nSPS) is 15.7. The number of carbonyl (C=O) groups is 1. The number of aryl methyl sites for hydroxylation is 1. The lowest BCUT2D eigenvalue weighted by Crippen LogP contribution is -2.22. The third-order valence-corrected chi connectivity index (χ3v) is 2.67. The summed E-state index contributed by atoms with van der Waals surface area (Å²) in [5.41, 5.74) is 0.641. The number of Topliss-reactive ketones (excluding diaryl/α,β-unsaturated/α-hetero) is 1. The molecule has 1 saturated heterocycles. The van der Waals surface area contributed by atoms with E-state index in [1.54, 1.807) is 13.1 Å². The van der Waals surface area contributed by atoms with E-state index in [0.29, 0.717) is 5.56 Å². The van der Waals surface area contributed by atoms with Crippen LogP contribution < -0.4 is 4.90 Å². The molecule has 2 heterocycles. The summed E-state index contributed by atoms with van der Waals surface area (Å²) in [4.78, 5) is 22.0. The summed E-state index contributed by atoms with van der Waals surface area (Å²) in [6.45, 7) is 5.41. The zero-order valence-corrected chi connectivity index (χ0v) is 9.16. The zero-order chi connectivity index (χ0) is 10.8. The number of rotatable bonds is 2. The Kier molecular flexibility index (Phi) is 2.66. The second-order valence-electron chi connectivity index (χ2n) is 3.90. The Hall–Kier alpha value is -1.45. The molecule has 1 fully saturated rings. The van der Waals surface area contributed by atoms with Gasteiger partial charge in [0.15, 0.2) is 5.78 Å². The van der Waals surface area contributed by atoms with Crippen molar-refractivity contribution in [2.24, 2.45) is 0 Å². The number of hydrogen-bond acceptors (Lipinski definition) is 4. The molecule has 4 heteroatoms. The van der Waals surface area contributed by atoms with Gasteiger partial charge in [0.2, 0.25) is 0 Å². The first-order valence-corrected chi connectivity index (χ1v) is 5.28. The largest absolute Gasteiger partial charge is 0.356 e. The summed E-state index contributed by atoms with van der Waals surface area (Å²) in [5, 5.41) is 0. The molecule has 1 aromatic rings. The van der Waals surface area contributed by atoms with Crippen LogP contribution in [-0.2, 0) is 0 Å². The summed E-state index contributed by atoms with van der Waals surface area (Å²) in [5.74, 6) is 1.58. The predicted molar refractivity (Wildman–Crippen MR) is 58.2 cm³/mol. The molecule has 1 aliphatic heterocycles. The number of nitrogens with zero attached hydrogens (tertiary/aromatic N) is 3. The lowest BCUT2D eigenvalue weighted by atomic mass is 10.2. The predicted octanol–water partition coefficient (Wildman–Crippen LogP) is 1.59. The molecule has 0 atom stereocenters. The maximum Gasteiger partial charge on any atom is 0.165 e. The summed E-state index contributed by atoms with van der Waals surface area (Å²) in [6.07, 6.45) is 4.00. The smallest absolute Gasteiger partial charge is 0.165 e. The van der Waals surface area contributed by atoms with Crippen molar-refractivity contribution >= 4 is 11.6 Å². The molecule has 0 spiro atoms. The highest BCUT2D eigenvalue weighted by Gasteiger charge is 2.19.